The Morgan fingerprint density at radius 2 is 1.71 bits per heavy atom. The second kappa shape index (κ2) is 10.3. The van der Waals surface area contributed by atoms with Crippen LogP contribution in [0.5, 0.6) is 5.75 Å². The van der Waals surface area contributed by atoms with Crippen LogP contribution in [-0.2, 0) is 21.4 Å². The first kappa shape index (κ1) is 22.7. The van der Waals surface area contributed by atoms with Gasteiger partial charge in [-0.15, -0.1) is 0 Å². The monoisotopic (exact) mass is 458 g/mol. The van der Waals surface area contributed by atoms with Crippen LogP contribution in [0, 0.1) is 0 Å². The van der Waals surface area contributed by atoms with Crippen molar-refractivity contribution in [2.24, 2.45) is 0 Å². The van der Waals surface area contributed by atoms with E-state index in [2.05, 4.69) is 5.32 Å². The average molecular weight is 459 g/mol. The molecule has 0 fully saturated rings. The zero-order valence-corrected chi connectivity index (χ0v) is 18.6. The van der Waals surface area contributed by atoms with E-state index in [0.29, 0.717) is 23.1 Å². The highest BCUT2D eigenvalue weighted by Crippen LogP contribution is 2.26. The van der Waals surface area contributed by atoms with Crippen molar-refractivity contribution in [3.05, 3.63) is 89.4 Å². The molecule has 0 unspecified atom stereocenters. The van der Waals surface area contributed by atoms with Gasteiger partial charge in [0.25, 0.3) is 10.0 Å². The Hall–Kier alpha value is -3.03. The molecular weight excluding hydrogens is 436 g/mol. The van der Waals surface area contributed by atoms with E-state index in [4.69, 9.17) is 16.3 Å². The van der Waals surface area contributed by atoms with Crippen molar-refractivity contribution in [2.45, 2.75) is 18.4 Å². The molecule has 0 bridgehead atoms. The van der Waals surface area contributed by atoms with Gasteiger partial charge in [0.15, 0.2) is 0 Å². The van der Waals surface area contributed by atoms with Gasteiger partial charge in [-0.25, -0.2) is 8.42 Å². The Labute approximate surface area is 187 Å². The van der Waals surface area contributed by atoms with Gasteiger partial charge in [-0.05, 0) is 43.3 Å². The summed E-state index contributed by atoms with van der Waals surface area (Å²) in [5.41, 5.74) is 1.11. The lowest BCUT2D eigenvalue weighted by Gasteiger charge is -2.24. The largest absolute Gasteiger partial charge is 0.494 e. The van der Waals surface area contributed by atoms with Crippen LogP contribution in [0.2, 0.25) is 5.02 Å². The predicted octanol–water partition coefficient (Wildman–Crippen LogP) is 4.25. The second-order valence-corrected chi connectivity index (χ2v) is 8.92. The molecule has 0 aromatic heterocycles. The number of anilines is 1. The van der Waals surface area contributed by atoms with E-state index in [0.717, 1.165) is 9.87 Å². The third kappa shape index (κ3) is 5.77. The summed E-state index contributed by atoms with van der Waals surface area (Å²) in [5, 5.41) is 3.15. The van der Waals surface area contributed by atoms with Gasteiger partial charge in [0.05, 0.1) is 17.2 Å². The number of sulfonamides is 1. The van der Waals surface area contributed by atoms with Crippen molar-refractivity contribution in [1.82, 2.24) is 5.32 Å². The molecule has 8 heteroatoms. The van der Waals surface area contributed by atoms with E-state index in [1.807, 2.05) is 31.2 Å². The highest BCUT2D eigenvalue weighted by Gasteiger charge is 2.27. The molecule has 3 aromatic carbocycles. The molecule has 0 atom stereocenters. The molecule has 3 aromatic rings. The molecule has 162 valence electrons. The third-order valence-corrected chi connectivity index (χ3v) is 6.49. The lowest BCUT2D eigenvalue weighted by molar-refractivity contribution is -0.119. The molecule has 3 rings (SSSR count). The van der Waals surface area contributed by atoms with E-state index in [1.54, 1.807) is 36.4 Å². The molecule has 0 radical (unpaired) electrons. The minimum atomic E-state index is -3.98. The van der Waals surface area contributed by atoms with Crippen LogP contribution in [0.1, 0.15) is 12.5 Å². The summed E-state index contributed by atoms with van der Waals surface area (Å²) in [4.78, 5) is 12.8. The summed E-state index contributed by atoms with van der Waals surface area (Å²) in [6.07, 6.45) is 0. The summed E-state index contributed by atoms with van der Waals surface area (Å²) >= 11 is 6.07. The Morgan fingerprint density at radius 1 is 1.00 bits per heavy atom. The van der Waals surface area contributed by atoms with Crippen LogP contribution >= 0.6 is 11.6 Å². The average Bonchev–Trinajstić information content (AvgIpc) is 2.77. The fraction of sp³-hybridized carbons (Fsp3) is 0.174. The Morgan fingerprint density at radius 3 is 2.42 bits per heavy atom. The van der Waals surface area contributed by atoms with Gasteiger partial charge in [0.1, 0.15) is 12.3 Å². The minimum Gasteiger partial charge on any atom is -0.494 e. The number of benzene rings is 3. The molecular formula is C23H23ClN2O4S. The van der Waals surface area contributed by atoms with E-state index >= 15 is 0 Å². The third-order valence-electron chi connectivity index (χ3n) is 4.46. The van der Waals surface area contributed by atoms with Crippen LogP contribution in [0.4, 0.5) is 5.69 Å². The molecule has 0 heterocycles. The number of carbonyl (C=O) groups is 1. The minimum absolute atomic E-state index is 0.0875. The molecule has 0 saturated heterocycles. The summed E-state index contributed by atoms with van der Waals surface area (Å²) in [5.74, 6) is 0.222. The van der Waals surface area contributed by atoms with Gasteiger partial charge in [-0.3, -0.25) is 9.10 Å². The number of hydrogen-bond donors (Lipinski definition) is 1. The summed E-state index contributed by atoms with van der Waals surface area (Å²) in [6, 6.07) is 21.7. The van der Waals surface area contributed by atoms with Crippen LogP contribution in [0.15, 0.2) is 83.8 Å². The second-order valence-electron chi connectivity index (χ2n) is 6.62. The molecule has 0 aliphatic heterocycles. The number of nitrogens with one attached hydrogen (secondary N) is 1. The van der Waals surface area contributed by atoms with E-state index < -0.39 is 22.5 Å². The van der Waals surface area contributed by atoms with Gasteiger partial charge < -0.3 is 10.1 Å². The predicted molar refractivity (Wildman–Crippen MR) is 122 cm³/mol. The Kier molecular flexibility index (Phi) is 7.55. The smallest absolute Gasteiger partial charge is 0.264 e. The fourth-order valence-electron chi connectivity index (χ4n) is 2.99. The van der Waals surface area contributed by atoms with Gasteiger partial charge in [-0.1, -0.05) is 54.1 Å². The van der Waals surface area contributed by atoms with Crippen LogP contribution < -0.4 is 14.4 Å². The maximum absolute atomic E-state index is 13.3. The van der Waals surface area contributed by atoms with Crippen molar-refractivity contribution in [2.75, 3.05) is 17.5 Å². The lowest BCUT2D eigenvalue weighted by Crippen LogP contribution is -2.40. The number of carbonyl (C=O) groups excluding carboxylic acids is 1. The summed E-state index contributed by atoms with van der Waals surface area (Å²) in [7, 11) is -3.98. The maximum Gasteiger partial charge on any atom is 0.264 e. The van der Waals surface area contributed by atoms with Crippen LogP contribution in [-0.4, -0.2) is 27.5 Å². The maximum atomic E-state index is 13.3. The molecule has 0 aliphatic rings. The molecule has 0 spiro atoms. The van der Waals surface area contributed by atoms with Gasteiger partial charge in [-0.2, -0.15) is 0 Å². The van der Waals surface area contributed by atoms with Crippen molar-refractivity contribution in [3.63, 3.8) is 0 Å². The number of nitrogens with zero attached hydrogens (tertiary/aromatic N) is 1. The normalized spacial score (nSPS) is 11.0. The van der Waals surface area contributed by atoms with Gasteiger partial charge in [0, 0.05) is 17.1 Å². The number of hydrogen-bond acceptors (Lipinski definition) is 4. The van der Waals surface area contributed by atoms with Crippen molar-refractivity contribution in [3.8, 4) is 5.75 Å². The number of halogens is 1. The van der Waals surface area contributed by atoms with Crippen molar-refractivity contribution < 1.29 is 17.9 Å². The summed E-state index contributed by atoms with van der Waals surface area (Å²) < 4.78 is 33.2. The zero-order chi connectivity index (χ0) is 22.3. The molecule has 6 nitrogen and oxygen atoms in total. The number of rotatable bonds is 9. The molecule has 1 amide bonds. The molecule has 0 aliphatic carbocycles. The van der Waals surface area contributed by atoms with E-state index in [-0.39, 0.29) is 11.4 Å². The van der Waals surface area contributed by atoms with Gasteiger partial charge in [0.2, 0.25) is 5.91 Å². The van der Waals surface area contributed by atoms with E-state index in [1.165, 1.54) is 18.2 Å². The standard InChI is InChI=1S/C23H23ClN2O4S/c1-2-30-22-14-7-6-9-18(22)16-25-23(27)17-26(20-11-8-10-19(24)15-20)31(28,29)21-12-4-3-5-13-21/h3-15H,2,16-17H2,1H3,(H,25,27). The molecule has 31 heavy (non-hydrogen) atoms. The Balaban J connectivity index is 1.83. The molecule has 1 N–H and O–H groups in total. The number of para-hydroxylation sites is 1. The first-order valence-electron chi connectivity index (χ1n) is 9.72. The molecule has 0 saturated carbocycles. The number of ether oxygens (including phenoxy) is 1. The lowest BCUT2D eigenvalue weighted by atomic mass is 10.2. The van der Waals surface area contributed by atoms with Crippen molar-refractivity contribution in [1.29, 1.82) is 0 Å². The van der Waals surface area contributed by atoms with Crippen LogP contribution in [0.3, 0.4) is 0 Å². The topological polar surface area (TPSA) is 75.7 Å². The van der Waals surface area contributed by atoms with E-state index in [9.17, 15) is 13.2 Å². The first-order chi connectivity index (χ1) is 14.9. The number of amides is 1. The highest BCUT2D eigenvalue weighted by atomic mass is 35.5. The quantitative estimate of drug-likeness (QED) is 0.520. The SMILES string of the molecule is CCOc1ccccc1CNC(=O)CN(c1cccc(Cl)c1)S(=O)(=O)c1ccccc1. The highest BCUT2D eigenvalue weighted by molar-refractivity contribution is 7.92. The zero-order valence-electron chi connectivity index (χ0n) is 17.0. The summed E-state index contributed by atoms with van der Waals surface area (Å²) in [6.45, 7) is 2.20. The van der Waals surface area contributed by atoms with Crippen LogP contribution in [0.25, 0.3) is 0 Å². The fourth-order valence-corrected chi connectivity index (χ4v) is 4.61. The Bertz CT molecular complexity index is 1140. The van der Waals surface area contributed by atoms with Gasteiger partial charge >= 0.3 is 0 Å². The van der Waals surface area contributed by atoms with Crippen molar-refractivity contribution >= 4 is 33.2 Å². The first-order valence-corrected chi connectivity index (χ1v) is 11.5.